The number of phenols is 1. The summed E-state index contributed by atoms with van der Waals surface area (Å²) in [6.45, 7) is 0.105. The molecule has 3 nitrogen and oxygen atoms in total. The summed E-state index contributed by atoms with van der Waals surface area (Å²) in [6, 6.07) is -1.90. The van der Waals surface area contributed by atoms with Gasteiger partial charge in [0.25, 0.3) is 0 Å². The standard InChI is InChI=1S/C9H13NO2/c1-10-6-9(12)7-3-2-4-8(11)5-7/h2-5,9-12H,6H2,1H3/i2D,3D,4D,5D. The van der Waals surface area contributed by atoms with Gasteiger partial charge in [0, 0.05) is 6.54 Å². The highest BCUT2D eigenvalue weighted by molar-refractivity contribution is 5.28. The Morgan fingerprint density at radius 3 is 3.08 bits per heavy atom. The first kappa shape index (κ1) is 4.84. The van der Waals surface area contributed by atoms with Crippen LogP contribution < -0.4 is 5.32 Å². The number of aromatic hydroxyl groups is 1. The van der Waals surface area contributed by atoms with Gasteiger partial charge in [-0.05, 0) is 24.7 Å². The molecule has 0 aliphatic rings. The van der Waals surface area contributed by atoms with Gasteiger partial charge in [-0.25, -0.2) is 0 Å². The second kappa shape index (κ2) is 4.09. The van der Waals surface area contributed by atoms with Crippen LogP contribution in [0.2, 0.25) is 0 Å². The van der Waals surface area contributed by atoms with Gasteiger partial charge >= 0.3 is 0 Å². The van der Waals surface area contributed by atoms with Gasteiger partial charge in [-0.2, -0.15) is 0 Å². The average Bonchev–Trinajstić information content (AvgIpc) is 2.24. The third-order valence-corrected chi connectivity index (χ3v) is 1.36. The molecule has 0 aromatic heterocycles. The molecule has 0 aliphatic carbocycles. The number of rotatable bonds is 3. The minimum Gasteiger partial charge on any atom is -0.508 e. The van der Waals surface area contributed by atoms with Crippen molar-refractivity contribution >= 4 is 0 Å². The van der Waals surface area contributed by atoms with Crippen LogP contribution in [0.1, 0.15) is 17.2 Å². The topological polar surface area (TPSA) is 52.5 Å². The van der Waals surface area contributed by atoms with Crippen molar-refractivity contribution in [1.29, 1.82) is 0 Å². The molecule has 3 heteroatoms. The molecule has 0 spiro atoms. The largest absolute Gasteiger partial charge is 0.508 e. The number of nitrogens with one attached hydrogen (secondary N) is 1. The number of phenolic OH excluding ortho intramolecular Hbond substituents is 1. The average molecular weight is 171 g/mol. The molecule has 12 heavy (non-hydrogen) atoms. The van der Waals surface area contributed by atoms with Gasteiger partial charge in [-0.3, -0.25) is 0 Å². The quantitative estimate of drug-likeness (QED) is 0.625. The molecular weight excluding hydrogens is 154 g/mol. The predicted molar refractivity (Wildman–Crippen MR) is 47.0 cm³/mol. The van der Waals surface area contributed by atoms with E-state index >= 15 is 0 Å². The number of hydrogen-bond donors (Lipinski definition) is 3. The lowest BCUT2D eigenvalue weighted by Crippen LogP contribution is -2.16. The molecule has 0 amide bonds. The fourth-order valence-corrected chi connectivity index (χ4v) is 0.810. The highest BCUT2D eigenvalue weighted by atomic mass is 16.3. The maximum Gasteiger partial charge on any atom is 0.115 e. The fourth-order valence-electron chi connectivity index (χ4n) is 0.810. The molecule has 1 unspecified atom stereocenters. The highest BCUT2D eigenvalue weighted by Gasteiger charge is 2.05. The zero-order valence-electron chi connectivity index (χ0n) is 10.7. The Balaban J connectivity index is 3.39. The van der Waals surface area contributed by atoms with Crippen LogP contribution in [-0.2, 0) is 0 Å². The summed E-state index contributed by atoms with van der Waals surface area (Å²) < 4.78 is 29.8. The van der Waals surface area contributed by atoms with Crippen molar-refractivity contribution in [1.82, 2.24) is 5.32 Å². The molecule has 0 radical (unpaired) electrons. The van der Waals surface area contributed by atoms with E-state index < -0.39 is 36.0 Å². The van der Waals surface area contributed by atoms with Crippen LogP contribution >= 0.6 is 0 Å². The van der Waals surface area contributed by atoms with Crippen molar-refractivity contribution in [3.8, 4) is 5.75 Å². The molecule has 0 aliphatic heterocycles. The second-order valence-electron chi connectivity index (χ2n) is 2.34. The lowest BCUT2D eigenvalue weighted by atomic mass is 10.1. The van der Waals surface area contributed by atoms with Crippen LogP contribution in [0.4, 0.5) is 0 Å². The van der Waals surface area contributed by atoms with Gasteiger partial charge in [0.1, 0.15) is 5.75 Å². The number of aliphatic hydroxyl groups excluding tert-OH is 1. The van der Waals surface area contributed by atoms with Gasteiger partial charge < -0.3 is 15.5 Å². The van der Waals surface area contributed by atoms with Crippen molar-refractivity contribution in [3.63, 3.8) is 0 Å². The van der Waals surface area contributed by atoms with Crippen molar-refractivity contribution < 1.29 is 15.7 Å². The Bertz CT molecular complexity index is 382. The number of benzene rings is 1. The predicted octanol–water partition coefficient (Wildman–Crippen LogP) is 0.645. The van der Waals surface area contributed by atoms with Gasteiger partial charge in [-0.15, -0.1) is 0 Å². The van der Waals surface area contributed by atoms with E-state index in [1.807, 2.05) is 0 Å². The van der Waals surface area contributed by atoms with E-state index in [2.05, 4.69) is 5.32 Å². The zero-order valence-corrected chi connectivity index (χ0v) is 6.68. The number of hydrogen-bond acceptors (Lipinski definition) is 3. The van der Waals surface area contributed by atoms with Crippen LogP contribution in [-0.4, -0.2) is 23.8 Å². The SMILES string of the molecule is [2H]c1c([2H])c(O)c([2H])c(C(O)CNC)c1[2H]. The summed E-state index contributed by atoms with van der Waals surface area (Å²) >= 11 is 0. The van der Waals surface area contributed by atoms with E-state index in [0.717, 1.165) is 0 Å². The number of aliphatic hydroxyl groups is 1. The number of likely N-dealkylation sites (N-methyl/N-ethyl adjacent to an activating group) is 1. The van der Waals surface area contributed by atoms with Crippen LogP contribution in [0.5, 0.6) is 5.75 Å². The Labute approximate surface area is 77.3 Å². The van der Waals surface area contributed by atoms with E-state index in [0.29, 0.717) is 0 Å². The molecule has 0 bridgehead atoms. The molecular formula is C9H13NO2. The third kappa shape index (κ3) is 2.22. The van der Waals surface area contributed by atoms with Crippen LogP contribution in [0.3, 0.4) is 0 Å². The van der Waals surface area contributed by atoms with E-state index in [4.69, 9.17) is 5.48 Å². The molecule has 1 aromatic rings. The van der Waals surface area contributed by atoms with Gasteiger partial charge in [-0.1, -0.05) is 12.1 Å². The first-order valence-electron chi connectivity index (χ1n) is 5.53. The molecule has 0 fully saturated rings. The van der Waals surface area contributed by atoms with E-state index in [9.17, 15) is 10.2 Å². The molecule has 0 saturated carbocycles. The Morgan fingerprint density at radius 2 is 2.42 bits per heavy atom. The first-order valence-corrected chi connectivity index (χ1v) is 3.53. The molecule has 1 atom stereocenters. The Hall–Kier alpha value is -1.06. The van der Waals surface area contributed by atoms with Gasteiger partial charge in [0.05, 0.1) is 11.6 Å². The zero-order chi connectivity index (χ0) is 12.5. The smallest absolute Gasteiger partial charge is 0.115 e. The monoisotopic (exact) mass is 171 g/mol. The summed E-state index contributed by atoms with van der Waals surface area (Å²) in [5, 5.41) is 21.7. The summed E-state index contributed by atoms with van der Waals surface area (Å²) in [4.78, 5) is 0. The van der Waals surface area contributed by atoms with Crippen molar-refractivity contribution in [3.05, 3.63) is 29.7 Å². The van der Waals surface area contributed by atoms with Crippen LogP contribution in [0, 0.1) is 0 Å². The van der Waals surface area contributed by atoms with Crippen molar-refractivity contribution in [2.24, 2.45) is 0 Å². The normalized spacial score (nSPS) is 17.5. The van der Waals surface area contributed by atoms with E-state index in [-0.39, 0.29) is 12.1 Å². The molecule has 66 valence electrons. The lowest BCUT2D eigenvalue weighted by molar-refractivity contribution is 0.177. The second-order valence-corrected chi connectivity index (χ2v) is 2.34. The van der Waals surface area contributed by atoms with Crippen LogP contribution in [0.15, 0.2) is 24.2 Å². The summed E-state index contributed by atoms with van der Waals surface area (Å²) in [5.41, 5.74) is -0.132. The van der Waals surface area contributed by atoms with Crippen LogP contribution in [0.25, 0.3) is 0 Å². The Morgan fingerprint density at radius 1 is 1.67 bits per heavy atom. The van der Waals surface area contributed by atoms with E-state index in [1.54, 1.807) is 7.05 Å². The maximum absolute atomic E-state index is 9.66. The van der Waals surface area contributed by atoms with Gasteiger partial charge in [0.2, 0.25) is 0 Å². The minimum absolute atomic E-state index is 0.105. The Kier molecular flexibility index (Phi) is 1.65. The first-order chi connectivity index (χ1) is 7.41. The van der Waals surface area contributed by atoms with Crippen molar-refractivity contribution in [2.75, 3.05) is 13.6 Å². The third-order valence-electron chi connectivity index (χ3n) is 1.36. The summed E-state index contributed by atoms with van der Waals surface area (Å²) in [7, 11) is 1.59. The maximum atomic E-state index is 9.66. The minimum atomic E-state index is -1.15. The molecule has 1 aromatic carbocycles. The summed E-state index contributed by atoms with van der Waals surface area (Å²) in [5.74, 6) is -0.675. The molecule has 0 heterocycles. The molecule has 0 saturated heterocycles. The summed E-state index contributed by atoms with van der Waals surface area (Å²) in [6.07, 6.45) is -1.15. The molecule has 1 rings (SSSR count). The fraction of sp³-hybridized carbons (Fsp3) is 0.333. The van der Waals surface area contributed by atoms with E-state index in [1.165, 1.54) is 0 Å². The molecule has 3 N–H and O–H groups in total. The van der Waals surface area contributed by atoms with Gasteiger partial charge in [0.15, 0.2) is 0 Å². The van der Waals surface area contributed by atoms with Crippen molar-refractivity contribution in [2.45, 2.75) is 6.10 Å². The lowest BCUT2D eigenvalue weighted by Gasteiger charge is -2.09. The highest BCUT2D eigenvalue weighted by Crippen LogP contribution is 2.17.